The van der Waals surface area contributed by atoms with Crippen LogP contribution in [0.25, 0.3) is 0 Å². The number of halogens is 1. The van der Waals surface area contributed by atoms with Gasteiger partial charge >= 0.3 is 0 Å². The van der Waals surface area contributed by atoms with Gasteiger partial charge in [-0.05, 0) is 53.7 Å². The van der Waals surface area contributed by atoms with Crippen LogP contribution in [0.3, 0.4) is 0 Å². The van der Waals surface area contributed by atoms with Crippen molar-refractivity contribution < 1.29 is 4.74 Å². The molecule has 2 aromatic rings. The van der Waals surface area contributed by atoms with Crippen molar-refractivity contribution in [2.24, 2.45) is 0 Å². The molecule has 0 amide bonds. The van der Waals surface area contributed by atoms with Gasteiger partial charge < -0.3 is 10.1 Å². The molecule has 0 fully saturated rings. The molecule has 0 spiro atoms. The average molecular weight is 327 g/mol. The van der Waals surface area contributed by atoms with Gasteiger partial charge in [-0.15, -0.1) is 11.3 Å². The van der Waals surface area contributed by atoms with Crippen LogP contribution in [0.2, 0.25) is 0 Å². The second-order valence-corrected chi connectivity index (χ2v) is 6.32. The highest BCUT2D eigenvalue weighted by Gasteiger charge is 2.20. The Kier molecular flexibility index (Phi) is 4.37. The largest absolute Gasteiger partial charge is 0.495 e. The van der Waals surface area contributed by atoms with E-state index in [-0.39, 0.29) is 6.04 Å². The van der Waals surface area contributed by atoms with Crippen molar-refractivity contribution in [1.82, 2.24) is 10.3 Å². The molecular weight excluding hydrogens is 312 g/mol. The predicted molar refractivity (Wildman–Crippen MR) is 78.4 cm³/mol. The van der Waals surface area contributed by atoms with E-state index in [0.29, 0.717) is 0 Å². The standard InChI is InChI=1S/C13H15BrN2OS/c1-8-7-10(18-13(8)14)12(15-2)11-9(17-3)5-4-6-16-11/h4-7,12,15H,1-3H3. The van der Waals surface area contributed by atoms with E-state index in [1.165, 1.54) is 10.4 Å². The van der Waals surface area contributed by atoms with Crippen LogP contribution in [-0.4, -0.2) is 19.1 Å². The fraction of sp³-hybridized carbons (Fsp3) is 0.308. The predicted octanol–water partition coefficient (Wildman–Crippen LogP) is 3.53. The summed E-state index contributed by atoms with van der Waals surface area (Å²) in [5.74, 6) is 0.805. The molecule has 0 bridgehead atoms. The van der Waals surface area contributed by atoms with Crippen LogP contribution in [0.15, 0.2) is 28.2 Å². The molecule has 0 aliphatic heterocycles. The van der Waals surface area contributed by atoms with Gasteiger partial charge in [0.15, 0.2) is 0 Å². The fourth-order valence-electron chi connectivity index (χ4n) is 1.83. The SMILES string of the molecule is CNC(c1cc(C)c(Br)s1)c1ncccc1OC. The summed E-state index contributed by atoms with van der Waals surface area (Å²) in [6, 6.07) is 6.03. The molecule has 3 nitrogen and oxygen atoms in total. The Labute approximate surface area is 119 Å². The zero-order chi connectivity index (χ0) is 13.1. The van der Waals surface area contributed by atoms with E-state index in [1.807, 2.05) is 19.2 Å². The average Bonchev–Trinajstić information content (AvgIpc) is 2.71. The van der Waals surface area contributed by atoms with Gasteiger partial charge in [-0.25, -0.2) is 0 Å². The quantitative estimate of drug-likeness (QED) is 0.933. The third-order valence-electron chi connectivity index (χ3n) is 2.74. The van der Waals surface area contributed by atoms with Gasteiger partial charge in [0.25, 0.3) is 0 Å². The third kappa shape index (κ3) is 2.58. The Morgan fingerprint density at radius 1 is 1.50 bits per heavy atom. The number of ether oxygens (including phenoxy) is 1. The highest BCUT2D eigenvalue weighted by Crippen LogP contribution is 2.36. The lowest BCUT2D eigenvalue weighted by Crippen LogP contribution is -2.18. The van der Waals surface area contributed by atoms with Crippen LogP contribution in [0.1, 0.15) is 22.2 Å². The molecule has 0 aliphatic carbocycles. The molecule has 0 radical (unpaired) electrons. The number of hydrogen-bond acceptors (Lipinski definition) is 4. The van der Waals surface area contributed by atoms with E-state index in [2.05, 4.69) is 39.2 Å². The van der Waals surface area contributed by atoms with Crippen molar-refractivity contribution in [1.29, 1.82) is 0 Å². The van der Waals surface area contributed by atoms with E-state index in [4.69, 9.17) is 4.74 Å². The number of aryl methyl sites for hydroxylation is 1. The second-order valence-electron chi connectivity index (χ2n) is 3.92. The molecule has 18 heavy (non-hydrogen) atoms. The zero-order valence-corrected chi connectivity index (χ0v) is 12.9. The Bertz CT molecular complexity index is 522. The molecule has 1 unspecified atom stereocenters. The Hall–Kier alpha value is -0.910. The minimum absolute atomic E-state index is 0.0520. The summed E-state index contributed by atoms with van der Waals surface area (Å²) in [6.45, 7) is 2.09. The Balaban J connectivity index is 2.45. The first-order valence-corrected chi connectivity index (χ1v) is 7.20. The monoisotopic (exact) mass is 326 g/mol. The summed E-state index contributed by atoms with van der Waals surface area (Å²) in [6.07, 6.45) is 1.79. The van der Waals surface area contributed by atoms with Crippen LogP contribution >= 0.6 is 27.3 Å². The molecular formula is C13H15BrN2OS. The minimum Gasteiger partial charge on any atom is -0.495 e. The highest BCUT2D eigenvalue weighted by molar-refractivity contribution is 9.11. The topological polar surface area (TPSA) is 34.2 Å². The number of hydrogen-bond donors (Lipinski definition) is 1. The molecule has 1 atom stereocenters. The normalized spacial score (nSPS) is 12.4. The molecule has 1 N–H and O–H groups in total. The number of thiophene rings is 1. The highest BCUT2D eigenvalue weighted by atomic mass is 79.9. The van der Waals surface area contributed by atoms with E-state index in [0.717, 1.165) is 15.2 Å². The van der Waals surface area contributed by atoms with Crippen LogP contribution in [-0.2, 0) is 0 Å². The van der Waals surface area contributed by atoms with E-state index in [9.17, 15) is 0 Å². The number of nitrogens with one attached hydrogen (secondary N) is 1. The van der Waals surface area contributed by atoms with Crippen molar-refractivity contribution in [3.8, 4) is 5.75 Å². The van der Waals surface area contributed by atoms with Gasteiger partial charge in [0.1, 0.15) is 11.4 Å². The Morgan fingerprint density at radius 2 is 2.28 bits per heavy atom. The lowest BCUT2D eigenvalue weighted by atomic mass is 10.1. The number of rotatable bonds is 4. The summed E-state index contributed by atoms with van der Waals surface area (Å²) in [4.78, 5) is 5.66. The second kappa shape index (κ2) is 5.82. The van der Waals surface area contributed by atoms with E-state index >= 15 is 0 Å². The first-order valence-electron chi connectivity index (χ1n) is 5.59. The number of methoxy groups -OCH3 is 1. The number of nitrogens with zero attached hydrogens (tertiary/aromatic N) is 1. The van der Waals surface area contributed by atoms with Gasteiger partial charge in [-0.3, -0.25) is 4.98 Å². The molecule has 5 heteroatoms. The van der Waals surface area contributed by atoms with Crippen LogP contribution in [0.4, 0.5) is 0 Å². The lowest BCUT2D eigenvalue weighted by Gasteiger charge is -2.16. The van der Waals surface area contributed by atoms with Gasteiger partial charge in [0, 0.05) is 11.1 Å². The van der Waals surface area contributed by atoms with Crippen molar-refractivity contribution in [2.75, 3.05) is 14.2 Å². The zero-order valence-electron chi connectivity index (χ0n) is 10.5. The van der Waals surface area contributed by atoms with E-state index < -0.39 is 0 Å². The first kappa shape index (κ1) is 13.5. The number of pyridine rings is 1. The van der Waals surface area contributed by atoms with Crippen molar-refractivity contribution in [2.45, 2.75) is 13.0 Å². The minimum atomic E-state index is 0.0520. The molecule has 0 aliphatic rings. The van der Waals surface area contributed by atoms with Crippen molar-refractivity contribution in [3.05, 3.63) is 44.3 Å². The van der Waals surface area contributed by atoms with Crippen molar-refractivity contribution in [3.63, 3.8) is 0 Å². The van der Waals surface area contributed by atoms with Gasteiger partial charge in [0.2, 0.25) is 0 Å². The molecule has 2 aromatic heterocycles. The summed E-state index contributed by atoms with van der Waals surface area (Å²) in [5, 5.41) is 3.30. The Morgan fingerprint density at radius 3 is 2.83 bits per heavy atom. The molecule has 96 valence electrons. The maximum atomic E-state index is 5.38. The first-order chi connectivity index (χ1) is 8.67. The molecule has 0 saturated carbocycles. The van der Waals surface area contributed by atoms with Gasteiger partial charge in [-0.2, -0.15) is 0 Å². The molecule has 2 rings (SSSR count). The maximum Gasteiger partial charge on any atom is 0.142 e. The fourth-order valence-corrected chi connectivity index (χ4v) is 3.52. The van der Waals surface area contributed by atoms with Gasteiger partial charge in [0.05, 0.1) is 16.9 Å². The van der Waals surface area contributed by atoms with Crippen LogP contribution in [0.5, 0.6) is 5.75 Å². The summed E-state index contributed by atoms with van der Waals surface area (Å²) in [5.41, 5.74) is 2.15. The molecule has 0 saturated heterocycles. The maximum absolute atomic E-state index is 5.38. The summed E-state index contributed by atoms with van der Waals surface area (Å²) in [7, 11) is 3.60. The molecule has 0 aromatic carbocycles. The van der Waals surface area contributed by atoms with Crippen molar-refractivity contribution >= 4 is 27.3 Å². The smallest absolute Gasteiger partial charge is 0.142 e. The summed E-state index contributed by atoms with van der Waals surface area (Å²) >= 11 is 5.28. The summed E-state index contributed by atoms with van der Waals surface area (Å²) < 4.78 is 6.54. The van der Waals surface area contributed by atoms with E-state index in [1.54, 1.807) is 24.6 Å². The molecule has 2 heterocycles. The van der Waals surface area contributed by atoms with Gasteiger partial charge in [-0.1, -0.05) is 0 Å². The number of aromatic nitrogens is 1. The van der Waals surface area contributed by atoms with Crippen LogP contribution < -0.4 is 10.1 Å². The third-order valence-corrected chi connectivity index (χ3v) is 4.94. The van der Waals surface area contributed by atoms with Crippen LogP contribution in [0, 0.1) is 6.92 Å². The lowest BCUT2D eigenvalue weighted by molar-refractivity contribution is 0.402.